The number of rotatable bonds is 4. The zero-order chi connectivity index (χ0) is 13.1. The molecule has 5 heteroatoms. The van der Waals surface area contributed by atoms with Crippen LogP contribution in [0.4, 0.5) is 0 Å². The summed E-state index contributed by atoms with van der Waals surface area (Å²) in [7, 11) is 0. The van der Waals surface area contributed by atoms with Gasteiger partial charge in [-0.15, -0.1) is 0 Å². The molecule has 1 aromatic carbocycles. The van der Waals surface area contributed by atoms with Crippen LogP contribution in [-0.4, -0.2) is 34.4 Å². The third kappa shape index (κ3) is 2.45. The van der Waals surface area contributed by atoms with Crippen molar-refractivity contribution < 1.29 is 10.0 Å². The van der Waals surface area contributed by atoms with Gasteiger partial charge >= 0.3 is 0 Å². The highest BCUT2D eigenvalue weighted by Crippen LogP contribution is 2.27. The Morgan fingerprint density at radius 3 is 2.39 bits per heavy atom. The molecule has 0 spiro atoms. The van der Waals surface area contributed by atoms with Crippen LogP contribution in [0.15, 0.2) is 29.4 Å². The summed E-state index contributed by atoms with van der Waals surface area (Å²) in [5.41, 5.74) is 6.71. The average Bonchev–Trinajstić information content (AvgIpc) is 3.23. The van der Waals surface area contributed by atoms with Crippen molar-refractivity contribution in [3.8, 4) is 0 Å². The predicted octanol–water partition coefficient (Wildman–Crippen LogP) is 1.41. The topological polar surface area (TPSA) is 78.9 Å². The Morgan fingerprint density at radius 1 is 1.39 bits per heavy atom. The minimum Gasteiger partial charge on any atom is -0.409 e. The number of oxime groups is 1. The molecular formula is C13H17N3O2. The SMILES string of the molecule is CCN(C(=O)c1ccc(/C(N)=N/O)cc1)C1CC1. The van der Waals surface area contributed by atoms with Crippen molar-refractivity contribution in [2.75, 3.05) is 6.54 Å². The lowest BCUT2D eigenvalue weighted by Gasteiger charge is -2.20. The molecule has 0 unspecified atom stereocenters. The van der Waals surface area contributed by atoms with Crippen LogP contribution in [0.2, 0.25) is 0 Å². The van der Waals surface area contributed by atoms with Gasteiger partial charge in [0, 0.05) is 23.7 Å². The van der Waals surface area contributed by atoms with Gasteiger partial charge in [-0.3, -0.25) is 4.79 Å². The van der Waals surface area contributed by atoms with Crippen LogP contribution >= 0.6 is 0 Å². The van der Waals surface area contributed by atoms with Crippen molar-refractivity contribution in [2.24, 2.45) is 10.9 Å². The predicted molar refractivity (Wildman–Crippen MR) is 68.7 cm³/mol. The highest BCUT2D eigenvalue weighted by Gasteiger charge is 2.31. The van der Waals surface area contributed by atoms with E-state index in [-0.39, 0.29) is 11.7 Å². The third-order valence-electron chi connectivity index (χ3n) is 3.12. The minimum absolute atomic E-state index is 0.0449. The van der Waals surface area contributed by atoms with E-state index in [1.807, 2.05) is 11.8 Å². The highest BCUT2D eigenvalue weighted by molar-refractivity contribution is 5.99. The van der Waals surface area contributed by atoms with Crippen LogP contribution in [0.5, 0.6) is 0 Å². The lowest BCUT2D eigenvalue weighted by Crippen LogP contribution is -2.32. The summed E-state index contributed by atoms with van der Waals surface area (Å²) in [5.74, 6) is 0.0922. The van der Waals surface area contributed by atoms with Crippen LogP contribution in [0, 0.1) is 0 Å². The molecule has 0 bridgehead atoms. The Labute approximate surface area is 106 Å². The number of carbonyl (C=O) groups excluding carboxylic acids is 1. The molecule has 1 amide bonds. The quantitative estimate of drug-likeness (QED) is 0.365. The second-order valence-electron chi connectivity index (χ2n) is 4.38. The van der Waals surface area contributed by atoms with Gasteiger partial charge in [0.1, 0.15) is 0 Å². The molecule has 0 atom stereocenters. The van der Waals surface area contributed by atoms with E-state index < -0.39 is 0 Å². The van der Waals surface area contributed by atoms with Gasteiger partial charge < -0.3 is 15.8 Å². The summed E-state index contributed by atoms with van der Waals surface area (Å²) >= 11 is 0. The van der Waals surface area contributed by atoms with Crippen LogP contribution in [0.1, 0.15) is 35.7 Å². The number of hydrogen-bond acceptors (Lipinski definition) is 3. The number of amidine groups is 1. The van der Waals surface area contributed by atoms with Crippen LogP contribution in [0.3, 0.4) is 0 Å². The number of hydrogen-bond donors (Lipinski definition) is 2. The molecule has 2 rings (SSSR count). The first-order valence-electron chi connectivity index (χ1n) is 6.06. The Kier molecular flexibility index (Phi) is 3.50. The minimum atomic E-state index is 0.0449. The van der Waals surface area contributed by atoms with Crippen molar-refractivity contribution >= 4 is 11.7 Å². The Morgan fingerprint density at radius 2 is 1.94 bits per heavy atom. The first-order valence-corrected chi connectivity index (χ1v) is 6.06. The Balaban J connectivity index is 2.16. The van der Waals surface area contributed by atoms with Crippen LogP contribution < -0.4 is 5.73 Å². The molecule has 0 heterocycles. The van der Waals surface area contributed by atoms with E-state index in [2.05, 4.69) is 5.16 Å². The molecule has 1 aliphatic rings. The van der Waals surface area contributed by atoms with Crippen LogP contribution in [-0.2, 0) is 0 Å². The standard InChI is InChI=1S/C13H17N3O2/c1-2-16(11-7-8-11)13(17)10-5-3-9(4-6-10)12(14)15-18/h3-6,11,18H,2,7-8H2,1H3,(H2,14,15). The van der Waals surface area contributed by atoms with Crippen molar-refractivity contribution in [3.63, 3.8) is 0 Å². The lowest BCUT2D eigenvalue weighted by atomic mass is 10.1. The number of benzene rings is 1. The fraction of sp³-hybridized carbons (Fsp3) is 0.385. The number of carbonyl (C=O) groups is 1. The Hall–Kier alpha value is -2.04. The smallest absolute Gasteiger partial charge is 0.254 e. The van der Waals surface area contributed by atoms with Gasteiger partial charge in [-0.2, -0.15) is 0 Å². The van der Waals surface area contributed by atoms with E-state index >= 15 is 0 Å². The van der Waals surface area contributed by atoms with E-state index in [0.717, 1.165) is 19.4 Å². The monoisotopic (exact) mass is 247 g/mol. The first-order chi connectivity index (χ1) is 8.67. The van der Waals surface area contributed by atoms with E-state index in [1.165, 1.54) is 0 Å². The van der Waals surface area contributed by atoms with Crippen molar-refractivity contribution in [2.45, 2.75) is 25.8 Å². The average molecular weight is 247 g/mol. The maximum atomic E-state index is 12.2. The molecule has 1 fully saturated rings. The molecular weight excluding hydrogens is 230 g/mol. The van der Waals surface area contributed by atoms with Gasteiger partial charge in [0.05, 0.1) is 0 Å². The molecule has 1 aliphatic carbocycles. The summed E-state index contributed by atoms with van der Waals surface area (Å²) in [5, 5.41) is 11.5. The largest absolute Gasteiger partial charge is 0.409 e. The normalized spacial score (nSPS) is 15.5. The van der Waals surface area contributed by atoms with Crippen molar-refractivity contribution in [3.05, 3.63) is 35.4 Å². The molecule has 1 saturated carbocycles. The molecule has 1 aromatic rings. The zero-order valence-corrected chi connectivity index (χ0v) is 10.3. The van der Waals surface area contributed by atoms with Gasteiger partial charge in [-0.05, 0) is 31.9 Å². The van der Waals surface area contributed by atoms with Gasteiger partial charge in [-0.25, -0.2) is 0 Å². The van der Waals surface area contributed by atoms with Gasteiger partial charge in [0.15, 0.2) is 5.84 Å². The zero-order valence-electron chi connectivity index (χ0n) is 10.3. The summed E-state index contributed by atoms with van der Waals surface area (Å²) in [6.07, 6.45) is 2.20. The third-order valence-corrected chi connectivity index (χ3v) is 3.12. The molecule has 5 nitrogen and oxygen atoms in total. The maximum Gasteiger partial charge on any atom is 0.254 e. The van der Waals surface area contributed by atoms with Gasteiger partial charge in [-0.1, -0.05) is 17.3 Å². The molecule has 18 heavy (non-hydrogen) atoms. The van der Waals surface area contributed by atoms with E-state index in [0.29, 0.717) is 17.2 Å². The van der Waals surface area contributed by atoms with Crippen molar-refractivity contribution in [1.82, 2.24) is 4.90 Å². The van der Waals surface area contributed by atoms with Gasteiger partial charge in [0.25, 0.3) is 5.91 Å². The van der Waals surface area contributed by atoms with E-state index in [1.54, 1.807) is 24.3 Å². The second kappa shape index (κ2) is 5.08. The first kappa shape index (κ1) is 12.4. The maximum absolute atomic E-state index is 12.2. The number of amides is 1. The Bertz CT molecular complexity index is 464. The summed E-state index contributed by atoms with van der Waals surface area (Å²) in [6, 6.07) is 7.19. The molecule has 0 aromatic heterocycles. The fourth-order valence-electron chi connectivity index (χ4n) is 1.96. The second-order valence-corrected chi connectivity index (χ2v) is 4.38. The molecule has 0 saturated heterocycles. The fourth-order valence-corrected chi connectivity index (χ4v) is 1.96. The number of nitrogens with two attached hydrogens (primary N) is 1. The van der Waals surface area contributed by atoms with E-state index in [9.17, 15) is 4.79 Å². The highest BCUT2D eigenvalue weighted by atomic mass is 16.4. The molecule has 96 valence electrons. The summed E-state index contributed by atoms with van der Waals surface area (Å²) < 4.78 is 0. The summed E-state index contributed by atoms with van der Waals surface area (Å²) in [4.78, 5) is 14.1. The van der Waals surface area contributed by atoms with E-state index in [4.69, 9.17) is 10.9 Å². The molecule has 0 radical (unpaired) electrons. The summed E-state index contributed by atoms with van der Waals surface area (Å²) in [6.45, 7) is 2.71. The van der Waals surface area contributed by atoms with Gasteiger partial charge in [0.2, 0.25) is 0 Å². The molecule has 3 N–H and O–H groups in total. The lowest BCUT2D eigenvalue weighted by molar-refractivity contribution is 0.0752. The van der Waals surface area contributed by atoms with Crippen LogP contribution in [0.25, 0.3) is 0 Å². The number of nitrogens with zero attached hydrogens (tertiary/aromatic N) is 2. The molecule has 0 aliphatic heterocycles. The van der Waals surface area contributed by atoms with Crippen molar-refractivity contribution in [1.29, 1.82) is 0 Å².